The van der Waals surface area contributed by atoms with Crippen LogP contribution >= 0.6 is 0 Å². The number of nitrogens with zero attached hydrogens (tertiary/aromatic N) is 4. The second-order valence-electron chi connectivity index (χ2n) is 7.59. The zero-order chi connectivity index (χ0) is 20.6. The molecule has 0 unspecified atom stereocenters. The Hall–Kier alpha value is -2.46. The molecule has 4 rings (SSSR count). The number of anilines is 1. The van der Waals surface area contributed by atoms with Gasteiger partial charge in [0, 0.05) is 31.7 Å². The van der Waals surface area contributed by atoms with Gasteiger partial charge in [0.15, 0.2) is 0 Å². The van der Waals surface area contributed by atoms with E-state index in [2.05, 4.69) is 15.5 Å². The highest BCUT2D eigenvalue weighted by Crippen LogP contribution is 2.34. The summed E-state index contributed by atoms with van der Waals surface area (Å²) in [7, 11) is -1.63. The van der Waals surface area contributed by atoms with Crippen LogP contribution in [0.25, 0.3) is 0 Å². The van der Waals surface area contributed by atoms with E-state index in [-0.39, 0.29) is 29.3 Å². The molecule has 2 atom stereocenters. The summed E-state index contributed by atoms with van der Waals surface area (Å²) in [4.78, 5) is 12.7. The van der Waals surface area contributed by atoms with Gasteiger partial charge in [0.05, 0.1) is 12.9 Å². The Bertz CT molecular complexity index is 1000. The average Bonchev–Trinajstić information content (AvgIpc) is 3.30. The zero-order valence-corrected chi connectivity index (χ0v) is 17.4. The molecule has 156 valence electrons. The lowest BCUT2D eigenvalue weighted by atomic mass is 9.89. The minimum atomic E-state index is -3.21. The summed E-state index contributed by atoms with van der Waals surface area (Å²) >= 11 is 0. The van der Waals surface area contributed by atoms with Gasteiger partial charge in [0.2, 0.25) is 15.8 Å². The van der Waals surface area contributed by atoms with Gasteiger partial charge in [-0.05, 0) is 42.5 Å². The summed E-state index contributed by atoms with van der Waals surface area (Å²) in [5, 5.41) is 11.1. The second-order valence-corrected chi connectivity index (χ2v) is 9.68. The van der Waals surface area contributed by atoms with Gasteiger partial charge in [0.1, 0.15) is 11.6 Å². The van der Waals surface area contributed by atoms with Crippen LogP contribution in [0.15, 0.2) is 24.3 Å². The number of sulfonamides is 1. The molecule has 0 radical (unpaired) electrons. The highest BCUT2D eigenvalue weighted by Gasteiger charge is 2.42. The number of hydrogen-bond donors (Lipinski definition) is 1. The van der Waals surface area contributed by atoms with E-state index < -0.39 is 10.0 Å². The van der Waals surface area contributed by atoms with Crippen LogP contribution in [0.1, 0.15) is 29.8 Å². The maximum absolute atomic E-state index is 12.7. The van der Waals surface area contributed by atoms with Crippen LogP contribution in [0.5, 0.6) is 5.75 Å². The highest BCUT2D eigenvalue weighted by molar-refractivity contribution is 7.89. The van der Waals surface area contributed by atoms with Gasteiger partial charge in [-0.2, -0.15) is 0 Å². The van der Waals surface area contributed by atoms with Crippen LogP contribution in [0.3, 0.4) is 0 Å². The predicted octanol–water partition coefficient (Wildman–Crippen LogP) is 1.38. The Morgan fingerprint density at radius 3 is 2.59 bits per heavy atom. The molecule has 3 heterocycles. The van der Waals surface area contributed by atoms with Gasteiger partial charge in [-0.15, -0.1) is 10.2 Å². The summed E-state index contributed by atoms with van der Waals surface area (Å²) in [6.07, 6.45) is 1.24. The minimum absolute atomic E-state index is 0.165. The summed E-state index contributed by atoms with van der Waals surface area (Å²) in [6, 6.07) is 7.05. The average molecular weight is 420 g/mol. The maximum Gasteiger partial charge on any atom is 0.293 e. The van der Waals surface area contributed by atoms with Gasteiger partial charge >= 0.3 is 0 Å². The number of amides is 1. The maximum atomic E-state index is 12.7. The van der Waals surface area contributed by atoms with Crippen LogP contribution in [0, 0.1) is 11.8 Å². The SMILES string of the molecule is CCCS(=O)(=O)N1C[C@H]2Cc3nnc(C(=O)Nc4ccc(OC)cc4)n3C[C@@H]2C1. The second kappa shape index (κ2) is 7.75. The van der Waals surface area contributed by atoms with E-state index in [1.807, 2.05) is 11.5 Å². The van der Waals surface area contributed by atoms with Crippen LogP contribution in [0.2, 0.25) is 0 Å². The number of hydrogen-bond acceptors (Lipinski definition) is 6. The van der Waals surface area contributed by atoms with Crippen molar-refractivity contribution in [3.63, 3.8) is 0 Å². The third kappa shape index (κ3) is 3.86. The number of methoxy groups -OCH3 is 1. The monoisotopic (exact) mass is 419 g/mol. The lowest BCUT2D eigenvalue weighted by Gasteiger charge is -2.25. The van der Waals surface area contributed by atoms with E-state index in [1.54, 1.807) is 35.7 Å². The van der Waals surface area contributed by atoms with Crippen molar-refractivity contribution in [3.8, 4) is 5.75 Å². The molecule has 1 fully saturated rings. The first-order chi connectivity index (χ1) is 13.9. The molecular weight excluding hydrogens is 394 g/mol. The fourth-order valence-corrected chi connectivity index (χ4v) is 5.74. The molecule has 1 saturated heterocycles. The first-order valence-electron chi connectivity index (χ1n) is 9.76. The predicted molar refractivity (Wildman–Crippen MR) is 107 cm³/mol. The topological polar surface area (TPSA) is 106 Å². The van der Waals surface area contributed by atoms with E-state index >= 15 is 0 Å². The molecule has 2 aromatic rings. The van der Waals surface area contributed by atoms with Crippen molar-refractivity contribution in [1.82, 2.24) is 19.1 Å². The number of aromatic nitrogens is 3. The van der Waals surface area contributed by atoms with E-state index in [1.165, 1.54) is 0 Å². The van der Waals surface area contributed by atoms with Crippen LogP contribution in [0.4, 0.5) is 5.69 Å². The minimum Gasteiger partial charge on any atom is -0.497 e. The van der Waals surface area contributed by atoms with Crippen molar-refractivity contribution in [2.24, 2.45) is 11.8 Å². The fourth-order valence-electron chi connectivity index (χ4n) is 4.12. The first-order valence-corrected chi connectivity index (χ1v) is 11.4. The highest BCUT2D eigenvalue weighted by atomic mass is 32.2. The van der Waals surface area contributed by atoms with Crippen molar-refractivity contribution in [1.29, 1.82) is 0 Å². The molecule has 0 spiro atoms. The Morgan fingerprint density at radius 1 is 1.17 bits per heavy atom. The molecule has 29 heavy (non-hydrogen) atoms. The molecule has 1 aromatic carbocycles. The van der Waals surface area contributed by atoms with E-state index in [9.17, 15) is 13.2 Å². The Balaban J connectivity index is 1.48. The third-order valence-corrected chi connectivity index (χ3v) is 7.65. The van der Waals surface area contributed by atoms with Gasteiger partial charge in [-0.1, -0.05) is 6.92 Å². The number of carbonyl (C=O) groups excluding carboxylic acids is 1. The zero-order valence-electron chi connectivity index (χ0n) is 16.5. The molecular formula is C19H25N5O4S. The number of rotatable bonds is 6. The largest absolute Gasteiger partial charge is 0.497 e. The van der Waals surface area contributed by atoms with Crippen LogP contribution in [-0.4, -0.2) is 59.3 Å². The Morgan fingerprint density at radius 2 is 1.90 bits per heavy atom. The standard InChI is InChI=1S/C19H25N5O4S/c1-3-8-29(26,27)23-10-13-9-17-21-22-18(24(17)12-14(13)11-23)19(25)20-15-4-6-16(28-2)7-5-15/h4-7,13-14H,3,8-12H2,1-2H3,(H,20,25)/t13-,14+/m1/s1. The van der Waals surface area contributed by atoms with Gasteiger partial charge in [-0.3, -0.25) is 4.79 Å². The molecule has 0 bridgehead atoms. The lowest BCUT2D eigenvalue weighted by Crippen LogP contribution is -2.31. The summed E-state index contributed by atoms with van der Waals surface area (Å²) < 4.78 is 33.4. The number of fused-ring (bicyclic) bond motifs is 2. The third-order valence-electron chi connectivity index (χ3n) is 5.64. The molecule has 10 heteroatoms. The quantitative estimate of drug-likeness (QED) is 0.758. The molecule has 1 aromatic heterocycles. The van der Waals surface area contributed by atoms with Gasteiger partial charge in [0.25, 0.3) is 5.91 Å². The Labute approximate surface area is 170 Å². The van der Waals surface area contributed by atoms with Crippen molar-refractivity contribution < 1.29 is 17.9 Å². The van der Waals surface area contributed by atoms with Crippen LogP contribution in [-0.2, 0) is 23.0 Å². The molecule has 2 aliphatic heterocycles. The number of nitrogens with one attached hydrogen (secondary N) is 1. The number of benzene rings is 1. The van der Waals surface area contributed by atoms with E-state index in [0.717, 1.165) is 5.82 Å². The number of carbonyl (C=O) groups is 1. The summed E-state index contributed by atoms with van der Waals surface area (Å²) in [6.45, 7) is 3.43. The molecule has 0 aliphatic carbocycles. The Kier molecular flexibility index (Phi) is 5.30. The van der Waals surface area contributed by atoms with E-state index in [0.29, 0.717) is 43.9 Å². The summed E-state index contributed by atoms with van der Waals surface area (Å²) in [5.74, 6) is 1.92. The van der Waals surface area contributed by atoms with E-state index in [4.69, 9.17) is 4.74 Å². The number of ether oxygens (including phenoxy) is 1. The van der Waals surface area contributed by atoms with Crippen LogP contribution < -0.4 is 10.1 Å². The fraction of sp³-hybridized carbons (Fsp3) is 0.526. The summed E-state index contributed by atoms with van der Waals surface area (Å²) in [5.41, 5.74) is 0.638. The molecule has 9 nitrogen and oxygen atoms in total. The van der Waals surface area contributed by atoms with Crippen molar-refractivity contribution in [3.05, 3.63) is 35.9 Å². The van der Waals surface area contributed by atoms with Crippen molar-refractivity contribution in [2.45, 2.75) is 26.3 Å². The smallest absolute Gasteiger partial charge is 0.293 e. The lowest BCUT2D eigenvalue weighted by molar-refractivity contribution is 0.100. The molecule has 0 saturated carbocycles. The van der Waals surface area contributed by atoms with Gasteiger partial charge < -0.3 is 14.6 Å². The molecule has 1 N–H and O–H groups in total. The van der Waals surface area contributed by atoms with Crippen molar-refractivity contribution >= 4 is 21.6 Å². The van der Waals surface area contributed by atoms with Gasteiger partial charge in [-0.25, -0.2) is 12.7 Å². The van der Waals surface area contributed by atoms with Crippen molar-refractivity contribution in [2.75, 3.05) is 31.3 Å². The normalized spacial score (nSPS) is 21.4. The molecule has 2 aliphatic rings. The molecule has 1 amide bonds. The first kappa shape index (κ1) is 19.8.